The van der Waals surface area contributed by atoms with Crippen molar-refractivity contribution in [3.05, 3.63) is 29.1 Å². The standard InChI is InChI=1S/C16H21NO2S2/c1-3-5-7-12(4-2)11-17-15(18)14(21-16(17)20)10-13-8-6-9-19-13/h6,8-10,12H,3-5,7,11H2,1-2H3/b14-10-/t12-/m1/s1. The predicted molar refractivity (Wildman–Crippen MR) is 91.9 cm³/mol. The Morgan fingerprint density at radius 3 is 2.90 bits per heavy atom. The van der Waals surface area contributed by atoms with Crippen LogP contribution in [0.1, 0.15) is 45.3 Å². The van der Waals surface area contributed by atoms with Crippen molar-refractivity contribution in [3.8, 4) is 0 Å². The molecule has 1 atom stereocenters. The number of rotatable bonds is 7. The predicted octanol–water partition coefficient (Wildman–Crippen LogP) is 4.70. The summed E-state index contributed by atoms with van der Waals surface area (Å²) >= 11 is 6.73. The molecule has 1 amide bonds. The lowest BCUT2D eigenvalue weighted by atomic mass is 9.99. The molecule has 21 heavy (non-hydrogen) atoms. The van der Waals surface area contributed by atoms with Gasteiger partial charge < -0.3 is 4.42 Å². The van der Waals surface area contributed by atoms with E-state index >= 15 is 0 Å². The summed E-state index contributed by atoms with van der Waals surface area (Å²) in [7, 11) is 0. The highest BCUT2D eigenvalue weighted by Crippen LogP contribution is 2.33. The number of furan rings is 1. The molecule has 1 aromatic heterocycles. The number of nitrogens with zero attached hydrogens (tertiary/aromatic N) is 1. The van der Waals surface area contributed by atoms with Crippen LogP contribution in [0.3, 0.4) is 0 Å². The van der Waals surface area contributed by atoms with Gasteiger partial charge in [0.05, 0.1) is 11.2 Å². The molecule has 0 radical (unpaired) electrons. The van der Waals surface area contributed by atoms with E-state index in [1.807, 2.05) is 12.1 Å². The lowest BCUT2D eigenvalue weighted by Crippen LogP contribution is -2.33. The third-order valence-corrected chi connectivity index (χ3v) is 5.05. The number of unbranched alkanes of at least 4 members (excludes halogenated alkanes) is 1. The molecule has 114 valence electrons. The largest absolute Gasteiger partial charge is 0.465 e. The van der Waals surface area contributed by atoms with Crippen molar-refractivity contribution in [1.82, 2.24) is 4.90 Å². The minimum absolute atomic E-state index is 0.0105. The Labute approximate surface area is 135 Å². The fourth-order valence-electron chi connectivity index (χ4n) is 2.34. The van der Waals surface area contributed by atoms with Gasteiger partial charge >= 0.3 is 0 Å². The third-order valence-electron chi connectivity index (χ3n) is 3.67. The maximum atomic E-state index is 12.5. The van der Waals surface area contributed by atoms with Gasteiger partial charge in [0.15, 0.2) is 0 Å². The zero-order chi connectivity index (χ0) is 15.2. The molecule has 5 heteroatoms. The number of carbonyl (C=O) groups is 1. The van der Waals surface area contributed by atoms with Crippen molar-refractivity contribution < 1.29 is 9.21 Å². The highest BCUT2D eigenvalue weighted by molar-refractivity contribution is 8.26. The number of carbonyl (C=O) groups excluding carboxylic acids is 1. The Kier molecular flexibility index (Phi) is 6.06. The first-order valence-corrected chi connectivity index (χ1v) is 8.67. The van der Waals surface area contributed by atoms with E-state index < -0.39 is 0 Å². The second-order valence-electron chi connectivity index (χ2n) is 5.22. The molecule has 2 heterocycles. The van der Waals surface area contributed by atoms with E-state index in [1.54, 1.807) is 17.2 Å². The van der Waals surface area contributed by atoms with Crippen molar-refractivity contribution in [2.24, 2.45) is 5.92 Å². The SMILES string of the molecule is CCCC[C@@H](CC)CN1C(=O)/C(=C/c2ccco2)SC1=S. The van der Waals surface area contributed by atoms with E-state index in [-0.39, 0.29) is 5.91 Å². The molecule has 1 aliphatic heterocycles. The van der Waals surface area contributed by atoms with Crippen LogP contribution in [0.5, 0.6) is 0 Å². The van der Waals surface area contributed by atoms with Crippen LogP contribution in [0.15, 0.2) is 27.7 Å². The fourth-order valence-corrected chi connectivity index (χ4v) is 3.59. The van der Waals surface area contributed by atoms with E-state index in [4.69, 9.17) is 16.6 Å². The van der Waals surface area contributed by atoms with Gasteiger partial charge in [-0.05, 0) is 24.5 Å². The lowest BCUT2D eigenvalue weighted by Gasteiger charge is -2.21. The molecule has 2 rings (SSSR count). The molecule has 1 fully saturated rings. The van der Waals surface area contributed by atoms with Gasteiger partial charge in [-0.15, -0.1) is 0 Å². The first-order valence-electron chi connectivity index (χ1n) is 7.44. The number of hydrogen-bond acceptors (Lipinski definition) is 4. The summed E-state index contributed by atoms with van der Waals surface area (Å²) in [6.45, 7) is 5.10. The zero-order valence-electron chi connectivity index (χ0n) is 12.5. The quantitative estimate of drug-likeness (QED) is 0.538. The third kappa shape index (κ3) is 4.20. The van der Waals surface area contributed by atoms with Crippen LogP contribution >= 0.6 is 24.0 Å². The van der Waals surface area contributed by atoms with Gasteiger partial charge in [0.25, 0.3) is 5.91 Å². The van der Waals surface area contributed by atoms with Crippen molar-refractivity contribution in [1.29, 1.82) is 0 Å². The Morgan fingerprint density at radius 2 is 2.29 bits per heavy atom. The highest BCUT2D eigenvalue weighted by atomic mass is 32.2. The Balaban J connectivity index is 2.04. The minimum Gasteiger partial charge on any atom is -0.465 e. The van der Waals surface area contributed by atoms with Crippen LogP contribution < -0.4 is 0 Å². The summed E-state index contributed by atoms with van der Waals surface area (Å²) in [6, 6.07) is 3.65. The first kappa shape index (κ1) is 16.3. The Hall–Kier alpha value is -1.07. The van der Waals surface area contributed by atoms with Crippen molar-refractivity contribution in [2.75, 3.05) is 6.54 Å². The van der Waals surface area contributed by atoms with Crippen molar-refractivity contribution >= 4 is 40.3 Å². The molecule has 0 aliphatic carbocycles. The molecule has 0 N–H and O–H groups in total. The van der Waals surface area contributed by atoms with E-state index in [0.717, 1.165) is 19.4 Å². The summed E-state index contributed by atoms with van der Waals surface area (Å²) in [5.41, 5.74) is 0. The van der Waals surface area contributed by atoms with Gasteiger partial charge in [0.1, 0.15) is 10.1 Å². The van der Waals surface area contributed by atoms with Crippen LogP contribution in [0.25, 0.3) is 6.08 Å². The van der Waals surface area contributed by atoms with Gasteiger partial charge in [-0.25, -0.2) is 0 Å². The van der Waals surface area contributed by atoms with Gasteiger partial charge in [-0.2, -0.15) is 0 Å². The van der Waals surface area contributed by atoms with E-state index in [0.29, 0.717) is 20.9 Å². The minimum atomic E-state index is 0.0105. The van der Waals surface area contributed by atoms with Gasteiger partial charge in [-0.3, -0.25) is 9.69 Å². The molecular weight excluding hydrogens is 302 g/mol. The molecule has 1 aliphatic rings. The summed E-state index contributed by atoms with van der Waals surface area (Å²) in [5, 5.41) is 0. The van der Waals surface area contributed by atoms with Crippen LogP contribution in [-0.2, 0) is 4.79 Å². The fraction of sp³-hybridized carbons (Fsp3) is 0.500. The summed E-state index contributed by atoms with van der Waals surface area (Å²) in [4.78, 5) is 14.9. The zero-order valence-corrected chi connectivity index (χ0v) is 14.1. The first-order chi connectivity index (χ1) is 10.2. The second-order valence-corrected chi connectivity index (χ2v) is 6.90. The molecule has 1 aromatic rings. The van der Waals surface area contributed by atoms with E-state index in [2.05, 4.69) is 13.8 Å². The number of thiocarbonyl (C=S) groups is 1. The van der Waals surface area contributed by atoms with Gasteiger partial charge in [0.2, 0.25) is 0 Å². The number of hydrogen-bond donors (Lipinski definition) is 0. The molecule has 3 nitrogen and oxygen atoms in total. The number of thioether (sulfide) groups is 1. The Bertz CT molecular complexity index is 522. The average molecular weight is 323 g/mol. The van der Waals surface area contributed by atoms with Crippen molar-refractivity contribution in [2.45, 2.75) is 39.5 Å². The van der Waals surface area contributed by atoms with Crippen LogP contribution in [0.4, 0.5) is 0 Å². The molecule has 1 saturated heterocycles. The molecule has 0 aromatic carbocycles. The van der Waals surface area contributed by atoms with Crippen LogP contribution in [-0.4, -0.2) is 21.7 Å². The summed E-state index contributed by atoms with van der Waals surface area (Å²) < 4.78 is 5.93. The normalized spacial score (nSPS) is 18.8. The van der Waals surface area contributed by atoms with Crippen molar-refractivity contribution in [3.63, 3.8) is 0 Å². The molecule has 0 saturated carbocycles. The van der Waals surface area contributed by atoms with Gasteiger partial charge in [0, 0.05) is 12.6 Å². The molecule has 0 spiro atoms. The average Bonchev–Trinajstić information content (AvgIpc) is 3.07. The van der Waals surface area contributed by atoms with Crippen LogP contribution in [0.2, 0.25) is 0 Å². The molecular formula is C16H21NO2S2. The summed E-state index contributed by atoms with van der Waals surface area (Å²) in [5.74, 6) is 1.22. The molecule has 0 unspecified atom stereocenters. The maximum absolute atomic E-state index is 12.5. The van der Waals surface area contributed by atoms with Crippen LogP contribution in [0, 0.1) is 5.92 Å². The topological polar surface area (TPSA) is 33.5 Å². The monoisotopic (exact) mass is 323 g/mol. The highest BCUT2D eigenvalue weighted by Gasteiger charge is 2.33. The van der Waals surface area contributed by atoms with E-state index in [1.165, 1.54) is 24.6 Å². The summed E-state index contributed by atoms with van der Waals surface area (Å²) in [6.07, 6.45) is 8.00. The van der Waals surface area contributed by atoms with Gasteiger partial charge in [-0.1, -0.05) is 57.1 Å². The smallest absolute Gasteiger partial charge is 0.266 e. The lowest BCUT2D eigenvalue weighted by molar-refractivity contribution is -0.122. The maximum Gasteiger partial charge on any atom is 0.266 e. The Morgan fingerprint density at radius 1 is 1.48 bits per heavy atom. The van der Waals surface area contributed by atoms with E-state index in [9.17, 15) is 4.79 Å². The molecule has 0 bridgehead atoms. The second kappa shape index (κ2) is 7.80. The number of amides is 1.